The molecular formula is C16H23FN2O4. The second-order valence-electron chi connectivity index (χ2n) is 5.91. The van der Waals surface area contributed by atoms with Crippen molar-refractivity contribution in [3.8, 4) is 0 Å². The fourth-order valence-corrected chi connectivity index (χ4v) is 2.68. The number of aliphatic hydroxyl groups excluding tert-OH is 1. The van der Waals surface area contributed by atoms with E-state index in [4.69, 9.17) is 4.74 Å². The van der Waals surface area contributed by atoms with Gasteiger partial charge in [-0.25, -0.2) is 4.39 Å². The van der Waals surface area contributed by atoms with E-state index in [1.165, 1.54) is 13.2 Å². The maximum absolute atomic E-state index is 13.7. The van der Waals surface area contributed by atoms with Gasteiger partial charge in [0.2, 0.25) is 5.91 Å². The van der Waals surface area contributed by atoms with Crippen LogP contribution in [0.25, 0.3) is 0 Å². The molecule has 0 spiro atoms. The maximum atomic E-state index is 13.7. The number of likely N-dealkylation sites (tertiary alicyclic amines) is 1. The summed E-state index contributed by atoms with van der Waals surface area (Å²) in [6.07, 6.45) is -0.735. The summed E-state index contributed by atoms with van der Waals surface area (Å²) < 4.78 is 18.4. The summed E-state index contributed by atoms with van der Waals surface area (Å²) in [4.78, 5) is 13.3. The van der Waals surface area contributed by atoms with Crippen LogP contribution in [0.15, 0.2) is 24.3 Å². The number of carbonyl (C=O) groups excluding carboxylic acids is 1. The Hall–Kier alpha value is -1.54. The summed E-state index contributed by atoms with van der Waals surface area (Å²) in [6, 6.07) is 6.50. The Morgan fingerprint density at radius 3 is 2.91 bits per heavy atom. The summed E-state index contributed by atoms with van der Waals surface area (Å²) >= 11 is 0. The number of rotatable bonds is 6. The highest BCUT2D eigenvalue weighted by Crippen LogP contribution is 2.24. The van der Waals surface area contributed by atoms with Crippen molar-refractivity contribution in [1.29, 1.82) is 0 Å². The number of hydrogen-bond donors (Lipinski definition) is 3. The normalized spacial score (nSPS) is 25.3. The molecule has 3 N–H and O–H groups in total. The number of ether oxygens (including phenoxy) is 1. The summed E-state index contributed by atoms with van der Waals surface area (Å²) in [7, 11) is 1.41. The minimum Gasteiger partial charge on any atom is -0.389 e. The number of nitrogens with one attached hydrogen (secondary N) is 1. The molecule has 1 amide bonds. The second kappa shape index (κ2) is 7.83. The first-order valence-electron chi connectivity index (χ1n) is 7.56. The van der Waals surface area contributed by atoms with E-state index in [0.717, 1.165) is 0 Å². The molecule has 1 aliphatic rings. The first-order valence-corrected chi connectivity index (χ1v) is 7.56. The first-order chi connectivity index (χ1) is 10.9. The Morgan fingerprint density at radius 2 is 2.26 bits per heavy atom. The Balaban J connectivity index is 1.89. The molecule has 1 fully saturated rings. The van der Waals surface area contributed by atoms with Crippen LogP contribution in [-0.2, 0) is 16.1 Å². The zero-order valence-corrected chi connectivity index (χ0v) is 13.2. The molecule has 2 atom stereocenters. The van der Waals surface area contributed by atoms with Gasteiger partial charge in [0.25, 0.3) is 0 Å². The Morgan fingerprint density at radius 1 is 1.52 bits per heavy atom. The predicted octanol–water partition coefficient (Wildman–Crippen LogP) is -0.114. The van der Waals surface area contributed by atoms with Crippen LogP contribution >= 0.6 is 0 Å². The van der Waals surface area contributed by atoms with Crippen LogP contribution in [0.3, 0.4) is 0 Å². The standard InChI is InChI=1S/C16H23FN2O4/c1-23-10-15(21)18-11-16(22)6-7-19(9-14(16)20)8-12-4-2-3-5-13(12)17/h2-5,14,20,22H,6-11H2,1H3,(H,18,21)/t14-,16-/m1/s1. The van der Waals surface area contributed by atoms with Crippen LogP contribution in [0.1, 0.15) is 12.0 Å². The van der Waals surface area contributed by atoms with E-state index in [1.807, 2.05) is 4.90 Å². The number of aliphatic hydroxyl groups is 2. The van der Waals surface area contributed by atoms with E-state index in [-0.39, 0.29) is 37.8 Å². The molecule has 0 bridgehead atoms. The van der Waals surface area contributed by atoms with Crippen LogP contribution in [0, 0.1) is 5.82 Å². The van der Waals surface area contributed by atoms with E-state index in [9.17, 15) is 19.4 Å². The fraction of sp³-hybridized carbons (Fsp3) is 0.562. The van der Waals surface area contributed by atoms with Crippen LogP contribution < -0.4 is 5.32 Å². The van der Waals surface area contributed by atoms with E-state index < -0.39 is 11.7 Å². The number of β-amino-alcohol motifs (C(OH)–C–C–N with tert-alkyl or cyclic N) is 1. The highest BCUT2D eigenvalue weighted by molar-refractivity contribution is 5.77. The summed E-state index contributed by atoms with van der Waals surface area (Å²) in [5, 5.41) is 23.3. The molecule has 23 heavy (non-hydrogen) atoms. The highest BCUT2D eigenvalue weighted by atomic mass is 19.1. The molecule has 0 radical (unpaired) electrons. The van der Waals surface area contributed by atoms with Gasteiger partial charge in [-0.1, -0.05) is 18.2 Å². The van der Waals surface area contributed by atoms with Crippen molar-refractivity contribution in [2.75, 3.05) is 33.4 Å². The Bertz CT molecular complexity index is 543. The molecule has 0 aromatic heterocycles. The lowest BCUT2D eigenvalue weighted by atomic mass is 9.88. The number of carbonyl (C=O) groups is 1. The minimum absolute atomic E-state index is 0.0378. The summed E-state index contributed by atoms with van der Waals surface area (Å²) in [5.41, 5.74) is -0.826. The number of nitrogens with zero attached hydrogens (tertiary/aromatic N) is 1. The van der Waals surface area contributed by atoms with Gasteiger partial charge in [0.15, 0.2) is 0 Å². The Kier molecular flexibility index (Phi) is 6.06. The minimum atomic E-state index is -1.38. The summed E-state index contributed by atoms with van der Waals surface area (Å²) in [6.45, 7) is 0.957. The topological polar surface area (TPSA) is 82.0 Å². The zero-order chi connectivity index (χ0) is 16.9. The molecule has 0 saturated carbocycles. The van der Waals surface area contributed by atoms with Gasteiger partial charge >= 0.3 is 0 Å². The highest BCUT2D eigenvalue weighted by Gasteiger charge is 2.40. The molecule has 0 aliphatic carbocycles. The van der Waals surface area contributed by atoms with E-state index in [2.05, 4.69) is 5.32 Å². The van der Waals surface area contributed by atoms with E-state index in [1.54, 1.807) is 18.2 Å². The lowest BCUT2D eigenvalue weighted by molar-refractivity contribution is -0.134. The van der Waals surface area contributed by atoms with Crippen molar-refractivity contribution in [3.63, 3.8) is 0 Å². The number of halogens is 1. The van der Waals surface area contributed by atoms with E-state index >= 15 is 0 Å². The quantitative estimate of drug-likeness (QED) is 0.679. The third-order valence-electron chi connectivity index (χ3n) is 4.13. The van der Waals surface area contributed by atoms with Gasteiger partial charge in [-0.2, -0.15) is 0 Å². The van der Waals surface area contributed by atoms with Crippen molar-refractivity contribution < 1.29 is 24.1 Å². The molecule has 0 unspecified atom stereocenters. The van der Waals surface area contributed by atoms with Crippen molar-refractivity contribution in [2.45, 2.75) is 24.7 Å². The largest absolute Gasteiger partial charge is 0.389 e. The average molecular weight is 326 g/mol. The molecule has 6 nitrogen and oxygen atoms in total. The SMILES string of the molecule is COCC(=O)NC[C@]1(O)CCN(Cc2ccccc2F)C[C@H]1O. The number of methoxy groups -OCH3 is 1. The number of hydrogen-bond acceptors (Lipinski definition) is 5. The van der Waals surface area contributed by atoms with Crippen LogP contribution in [0.5, 0.6) is 0 Å². The maximum Gasteiger partial charge on any atom is 0.246 e. The second-order valence-corrected chi connectivity index (χ2v) is 5.91. The molecule has 7 heteroatoms. The zero-order valence-electron chi connectivity index (χ0n) is 13.2. The lowest BCUT2D eigenvalue weighted by Crippen LogP contribution is -2.60. The molecule has 1 aromatic carbocycles. The van der Waals surface area contributed by atoms with Crippen molar-refractivity contribution in [1.82, 2.24) is 10.2 Å². The molecule has 128 valence electrons. The van der Waals surface area contributed by atoms with Gasteiger partial charge in [0.1, 0.15) is 18.0 Å². The third-order valence-corrected chi connectivity index (χ3v) is 4.13. The molecule has 1 aromatic rings. The first kappa shape index (κ1) is 17.8. The molecule has 1 saturated heterocycles. The van der Waals surface area contributed by atoms with Gasteiger partial charge in [0.05, 0.1) is 6.10 Å². The third kappa shape index (κ3) is 4.71. The Labute approximate surface area is 134 Å². The lowest BCUT2D eigenvalue weighted by Gasteiger charge is -2.42. The van der Waals surface area contributed by atoms with Crippen LogP contribution in [-0.4, -0.2) is 66.1 Å². The molecule has 1 heterocycles. The fourth-order valence-electron chi connectivity index (χ4n) is 2.68. The number of amides is 1. The molecule has 1 aliphatic heterocycles. The van der Waals surface area contributed by atoms with Crippen LogP contribution in [0.4, 0.5) is 4.39 Å². The molecular weight excluding hydrogens is 303 g/mol. The van der Waals surface area contributed by atoms with Crippen molar-refractivity contribution >= 4 is 5.91 Å². The monoisotopic (exact) mass is 326 g/mol. The van der Waals surface area contributed by atoms with Gasteiger partial charge in [0, 0.05) is 38.9 Å². The molecule has 2 rings (SSSR count). The number of benzene rings is 1. The number of piperidine rings is 1. The van der Waals surface area contributed by atoms with Crippen molar-refractivity contribution in [3.05, 3.63) is 35.6 Å². The summed E-state index contributed by atoms with van der Waals surface area (Å²) in [5.74, 6) is -0.628. The van der Waals surface area contributed by atoms with Gasteiger partial charge in [-0.15, -0.1) is 0 Å². The van der Waals surface area contributed by atoms with Crippen molar-refractivity contribution in [2.24, 2.45) is 0 Å². The smallest absolute Gasteiger partial charge is 0.246 e. The van der Waals surface area contributed by atoms with E-state index in [0.29, 0.717) is 18.7 Å². The van der Waals surface area contributed by atoms with Gasteiger partial charge in [-0.3, -0.25) is 9.69 Å². The van der Waals surface area contributed by atoms with Gasteiger partial charge in [-0.05, 0) is 12.5 Å². The van der Waals surface area contributed by atoms with Gasteiger partial charge < -0.3 is 20.3 Å². The predicted molar refractivity (Wildman–Crippen MR) is 82.1 cm³/mol. The van der Waals surface area contributed by atoms with Crippen LogP contribution in [0.2, 0.25) is 0 Å². The average Bonchev–Trinajstić information content (AvgIpc) is 2.52.